The Labute approximate surface area is 77.4 Å². The number of hydrogen-bond acceptors (Lipinski definition) is 2. The van der Waals surface area contributed by atoms with Crippen LogP contribution in [0, 0.1) is 5.92 Å². The molecule has 1 heterocycles. The third kappa shape index (κ3) is 1.75. The van der Waals surface area contributed by atoms with E-state index in [-0.39, 0.29) is 11.7 Å². The van der Waals surface area contributed by atoms with E-state index in [1.54, 1.807) is 11.3 Å². The van der Waals surface area contributed by atoms with Crippen LogP contribution in [0.5, 0.6) is 0 Å². The molecule has 0 saturated heterocycles. The molecule has 0 N–H and O–H groups in total. The van der Waals surface area contributed by atoms with Crippen molar-refractivity contribution >= 4 is 17.1 Å². The largest absolute Gasteiger partial charge is 0.294 e. The highest BCUT2D eigenvalue weighted by atomic mass is 32.1. The molecule has 12 heavy (non-hydrogen) atoms. The Hall–Kier alpha value is -0.630. The highest BCUT2D eigenvalue weighted by Gasteiger charge is 2.14. The number of thiophene rings is 1. The Bertz CT molecular complexity index is 273. The minimum absolute atomic E-state index is 0.116. The van der Waals surface area contributed by atoms with Crippen LogP contribution in [0.3, 0.4) is 0 Å². The first-order valence-corrected chi connectivity index (χ1v) is 5.15. The van der Waals surface area contributed by atoms with Crippen LogP contribution in [0.4, 0.5) is 0 Å². The fourth-order valence-corrected chi connectivity index (χ4v) is 1.98. The van der Waals surface area contributed by atoms with E-state index >= 15 is 0 Å². The monoisotopic (exact) mass is 182 g/mol. The van der Waals surface area contributed by atoms with Crippen molar-refractivity contribution < 1.29 is 4.79 Å². The van der Waals surface area contributed by atoms with Gasteiger partial charge in [0.1, 0.15) is 0 Å². The number of carbonyl (C=O) groups excluding carboxylic acids is 1. The minimum atomic E-state index is 0.116. The number of aryl methyl sites for hydroxylation is 1. The van der Waals surface area contributed by atoms with Crippen LogP contribution in [-0.4, -0.2) is 5.78 Å². The maximum Gasteiger partial charge on any atom is 0.166 e. The fourth-order valence-electron chi connectivity index (χ4n) is 1.14. The van der Waals surface area contributed by atoms with E-state index in [0.717, 1.165) is 12.0 Å². The zero-order valence-corrected chi connectivity index (χ0v) is 8.57. The van der Waals surface area contributed by atoms with Crippen LogP contribution < -0.4 is 0 Å². The second kappa shape index (κ2) is 3.85. The normalized spacial score (nSPS) is 10.7. The van der Waals surface area contributed by atoms with Gasteiger partial charge in [-0.25, -0.2) is 0 Å². The average molecular weight is 182 g/mol. The summed E-state index contributed by atoms with van der Waals surface area (Å²) in [6.07, 6.45) is 0.964. The highest BCUT2D eigenvalue weighted by molar-refractivity contribution is 7.10. The van der Waals surface area contributed by atoms with Gasteiger partial charge in [-0.15, -0.1) is 11.3 Å². The zero-order valence-electron chi connectivity index (χ0n) is 7.76. The molecule has 0 radical (unpaired) electrons. The van der Waals surface area contributed by atoms with Gasteiger partial charge in [-0.05, 0) is 17.9 Å². The molecule has 1 aromatic heterocycles. The predicted octanol–water partition coefficient (Wildman–Crippen LogP) is 3.15. The molecule has 0 aromatic carbocycles. The summed E-state index contributed by atoms with van der Waals surface area (Å²) in [6.45, 7) is 5.97. The maximum absolute atomic E-state index is 11.6. The topological polar surface area (TPSA) is 17.1 Å². The van der Waals surface area contributed by atoms with E-state index in [2.05, 4.69) is 6.92 Å². The molecule has 0 unspecified atom stereocenters. The first-order valence-electron chi connectivity index (χ1n) is 4.27. The lowest BCUT2D eigenvalue weighted by molar-refractivity contribution is 0.0939. The third-order valence-electron chi connectivity index (χ3n) is 1.86. The molecule has 0 amide bonds. The maximum atomic E-state index is 11.6. The lowest BCUT2D eigenvalue weighted by Gasteiger charge is -2.03. The molecule has 0 bridgehead atoms. The van der Waals surface area contributed by atoms with Gasteiger partial charge < -0.3 is 0 Å². The number of ketones is 1. The zero-order chi connectivity index (χ0) is 9.14. The van der Waals surface area contributed by atoms with Crippen molar-refractivity contribution in [3.63, 3.8) is 0 Å². The van der Waals surface area contributed by atoms with E-state index in [4.69, 9.17) is 0 Å². The van der Waals surface area contributed by atoms with Gasteiger partial charge >= 0.3 is 0 Å². The van der Waals surface area contributed by atoms with Crippen molar-refractivity contribution in [2.24, 2.45) is 5.92 Å². The summed E-state index contributed by atoms with van der Waals surface area (Å²) in [7, 11) is 0. The molecule has 0 fully saturated rings. The van der Waals surface area contributed by atoms with Crippen LogP contribution in [-0.2, 0) is 6.42 Å². The quantitative estimate of drug-likeness (QED) is 0.656. The van der Waals surface area contributed by atoms with E-state index in [0.29, 0.717) is 0 Å². The van der Waals surface area contributed by atoms with Crippen LogP contribution in [0.15, 0.2) is 11.4 Å². The summed E-state index contributed by atoms with van der Waals surface area (Å²) in [5.41, 5.74) is 0.928. The molecule has 1 rings (SSSR count). The Balaban J connectivity index is 2.94. The Morgan fingerprint density at radius 3 is 2.75 bits per heavy atom. The van der Waals surface area contributed by atoms with Gasteiger partial charge in [0.05, 0.1) is 0 Å². The number of carbonyl (C=O) groups is 1. The number of Topliss-reactive ketones (excluding diaryl/α,β-unsaturated/α-hetero) is 1. The molecule has 0 atom stereocenters. The Morgan fingerprint density at radius 1 is 1.58 bits per heavy atom. The molecule has 0 aliphatic heterocycles. The van der Waals surface area contributed by atoms with Gasteiger partial charge in [-0.1, -0.05) is 20.8 Å². The minimum Gasteiger partial charge on any atom is -0.294 e. The van der Waals surface area contributed by atoms with Crippen molar-refractivity contribution in [1.29, 1.82) is 0 Å². The highest BCUT2D eigenvalue weighted by Crippen LogP contribution is 2.20. The van der Waals surface area contributed by atoms with Gasteiger partial charge in [0.15, 0.2) is 5.78 Å². The molecule has 1 aromatic rings. The number of hydrogen-bond donors (Lipinski definition) is 0. The lowest BCUT2D eigenvalue weighted by atomic mass is 10.0. The second-order valence-corrected chi connectivity index (χ2v) is 4.13. The summed E-state index contributed by atoms with van der Waals surface area (Å²) in [4.78, 5) is 12.8. The summed E-state index contributed by atoms with van der Waals surface area (Å²) in [5, 5.41) is 1.99. The molecule has 0 saturated carbocycles. The molecule has 1 nitrogen and oxygen atoms in total. The predicted molar refractivity (Wildman–Crippen MR) is 52.9 cm³/mol. The molecule has 66 valence electrons. The summed E-state index contributed by atoms with van der Waals surface area (Å²) < 4.78 is 0. The van der Waals surface area contributed by atoms with Crippen molar-refractivity contribution in [3.8, 4) is 0 Å². The Morgan fingerprint density at radius 2 is 2.25 bits per heavy atom. The van der Waals surface area contributed by atoms with E-state index in [1.807, 2.05) is 25.3 Å². The SMILES string of the molecule is CCc1sccc1C(=O)C(C)C. The summed E-state index contributed by atoms with van der Waals surface area (Å²) in [5.74, 6) is 0.387. The second-order valence-electron chi connectivity index (χ2n) is 3.13. The molecule has 2 heteroatoms. The fraction of sp³-hybridized carbons (Fsp3) is 0.500. The first kappa shape index (κ1) is 9.46. The average Bonchev–Trinajstić information content (AvgIpc) is 2.49. The third-order valence-corrected chi connectivity index (χ3v) is 2.92. The Kier molecular flexibility index (Phi) is 3.04. The van der Waals surface area contributed by atoms with Crippen molar-refractivity contribution in [1.82, 2.24) is 0 Å². The van der Waals surface area contributed by atoms with E-state index in [1.165, 1.54) is 4.88 Å². The summed E-state index contributed by atoms with van der Waals surface area (Å²) in [6, 6.07) is 1.94. The van der Waals surface area contributed by atoms with Gasteiger partial charge in [-0.2, -0.15) is 0 Å². The standard InChI is InChI=1S/C10H14OS/c1-4-9-8(5-6-12-9)10(11)7(2)3/h5-7H,4H2,1-3H3. The van der Waals surface area contributed by atoms with Crippen molar-refractivity contribution in [2.75, 3.05) is 0 Å². The van der Waals surface area contributed by atoms with Crippen molar-refractivity contribution in [2.45, 2.75) is 27.2 Å². The van der Waals surface area contributed by atoms with E-state index < -0.39 is 0 Å². The van der Waals surface area contributed by atoms with Crippen LogP contribution >= 0.6 is 11.3 Å². The molecule has 0 spiro atoms. The molecular weight excluding hydrogens is 168 g/mol. The molecule has 0 aliphatic carbocycles. The number of rotatable bonds is 3. The van der Waals surface area contributed by atoms with Gasteiger partial charge in [0.25, 0.3) is 0 Å². The first-order chi connectivity index (χ1) is 5.66. The molecule has 0 aliphatic rings. The van der Waals surface area contributed by atoms with Crippen LogP contribution in [0.1, 0.15) is 36.0 Å². The van der Waals surface area contributed by atoms with Crippen LogP contribution in [0.2, 0.25) is 0 Å². The smallest absolute Gasteiger partial charge is 0.166 e. The molecular formula is C10H14OS. The van der Waals surface area contributed by atoms with Gasteiger partial charge in [0.2, 0.25) is 0 Å². The van der Waals surface area contributed by atoms with Gasteiger partial charge in [-0.3, -0.25) is 4.79 Å². The van der Waals surface area contributed by atoms with Gasteiger partial charge in [0, 0.05) is 16.4 Å². The van der Waals surface area contributed by atoms with E-state index in [9.17, 15) is 4.79 Å². The van der Waals surface area contributed by atoms with Crippen LogP contribution in [0.25, 0.3) is 0 Å². The van der Waals surface area contributed by atoms with Crippen molar-refractivity contribution in [3.05, 3.63) is 21.9 Å². The lowest BCUT2D eigenvalue weighted by Crippen LogP contribution is -2.07. The summed E-state index contributed by atoms with van der Waals surface area (Å²) >= 11 is 1.67.